The molecule has 2 atom stereocenters. The van der Waals surface area contributed by atoms with Gasteiger partial charge in [-0.25, -0.2) is 8.42 Å². The van der Waals surface area contributed by atoms with Gasteiger partial charge in [-0.1, -0.05) is 6.07 Å². The minimum absolute atomic E-state index is 0.225. The molecular formula is C13H17BrClNO4S. The Balaban J connectivity index is 2.31. The maximum absolute atomic E-state index is 12.7. The van der Waals surface area contributed by atoms with Crippen LogP contribution in [0.5, 0.6) is 0 Å². The molecule has 1 aliphatic heterocycles. The van der Waals surface area contributed by atoms with Crippen molar-refractivity contribution < 1.29 is 17.9 Å². The lowest BCUT2D eigenvalue weighted by atomic mass is 10.2. The maximum atomic E-state index is 12.7. The first-order valence-electron chi connectivity index (χ1n) is 6.34. The second kappa shape index (κ2) is 6.93. The molecule has 0 aromatic heterocycles. The number of alkyl halides is 1. The number of ether oxygens (including phenoxy) is 2. The summed E-state index contributed by atoms with van der Waals surface area (Å²) >= 11 is 9.06. The van der Waals surface area contributed by atoms with Gasteiger partial charge < -0.3 is 9.47 Å². The van der Waals surface area contributed by atoms with Crippen molar-refractivity contribution >= 4 is 37.6 Å². The van der Waals surface area contributed by atoms with Gasteiger partial charge in [0.05, 0.1) is 17.1 Å². The van der Waals surface area contributed by atoms with Crippen molar-refractivity contribution in [3.8, 4) is 0 Å². The van der Waals surface area contributed by atoms with E-state index >= 15 is 0 Å². The molecule has 0 radical (unpaired) electrons. The summed E-state index contributed by atoms with van der Waals surface area (Å²) in [4.78, 5) is 0.225. The summed E-state index contributed by atoms with van der Waals surface area (Å²) in [5, 5.41) is 0. The quantitative estimate of drug-likeness (QED) is 0.714. The average molecular weight is 399 g/mol. The van der Waals surface area contributed by atoms with Crippen molar-refractivity contribution in [1.82, 2.24) is 4.31 Å². The third-order valence-electron chi connectivity index (χ3n) is 3.56. The monoisotopic (exact) mass is 397 g/mol. The zero-order chi connectivity index (χ0) is 15.6. The molecule has 0 bridgehead atoms. The van der Waals surface area contributed by atoms with Crippen LogP contribution in [-0.2, 0) is 25.4 Å². The van der Waals surface area contributed by atoms with Crippen molar-refractivity contribution in [2.45, 2.75) is 23.0 Å². The van der Waals surface area contributed by atoms with Crippen molar-refractivity contribution in [1.29, 1.82) is 0 Å². The Labute approximate surface area is 138 Å². The normalized spacial score (nSPS) is 23.6. The number of nitrogens with zero attached hydrogens (tertiary/aromatic N) is 1. The third-order valence-corrected chi connectivity index (χ3v) is 6.67. The zero-order valence-electron chi connectivity index (χ0n) is 11.8. The Hall–Kier alpha value is -0.180. The predicted octanol–water partition coefficient (Wildman–Crippen LogP) is 2.22. The molecule has 0 aliphatic carbocycles. The summed E-state index contributed by atoms with van der Waals surface area (Å²) in [5.74, 6) is 0.333. The summed E-state index contributed by atoms with van der Waals surface area (Å²) in [7, 11) is -0.490. The fourth-order valence-electron chi connectivity index (χ4n) is 2.34. The van der Waals surface area contributed by atoms with Crippen LogP contribution in [0.25, 0.3) is 0 Å². The molecule has 0 spiro atoms. The number of halogens is 2. The first-order chi connectivity index (χ1) is 9.93. The lowest BCUT2D eigenvalue weighted by Crippen LogP contribution is -2.30. The molecule has 8 heteroatoms. The summed E-state index contributed by atoms with van der Waals surface area (Å²) in [6.07, 6.45) is -0.517. The molecule has 1 aromatic carbocycles. The molecule has 2 unspecified atom stereocenters. The third kappa shape index (κ3) is 3.43. The van der Waals surface area contributed by atoms with Gasteiger partial charge in [0.15, 0.2) is 0 Å². The number of benzene rings is 1. The van der Waals surface area contributed by atoms with Crippen LogP contribution in [0, 0.1) is 0 Å². The summed E-state index contributed by atoms with van der Waals surface area (Å²) < 4.78 is 37.9. The van der Waals surface area contributed by atoms with Gasteiger partial charge in [0, 0.05) is 37.7 Å². The highest BCUT2D eigenvalue weighted by molar-refractivity contribution is 9.10. The number of sulfonamides is 1. The molecule has 0 amide bonds. The Bertz CT molecular complexity index is 598. The smallest absolute Gasteiger partial charge is 0.244 e. The fraction of sp³-hybridized carbons (Fsp3) is 0.538. The molecule has 1 aromatic rings. The number of methoxy groups -OCH3 is 2. The van der Waals surface area contributed by atoms with Crippen LogP contribution in [0.1, 0.15) is 5.56 Å². The van der Waals surface area contributed by atoms with Gasteiger partial charge in [-0.2, -0.15) is 4.31 Å². The molecule has 21 heavy (non-hydrogen) atoms. The molecule has 118 valence electrons. The molecule has 0 N–H and O–H groups in total. The van der Waals surface area contributed by atoms with Gasteiger partial charge in [0.25, 0.3) is 0 Å². The highest BCUT2D eigenvalue weighted by Gasteiger charge is 2.40. The lowest BCUT2D eigenvalue weighted by molar-refractivity contribution is -0.00461. The molecule has 1 fully saturated rings. The molecule has 0 saturated carbocycles. The molecule has 1 aliphatic rings. The van der Waals surface area contributed by atoms with Crippen molar-refractivity contribution in [3.63, 3.8) is 0 Å². The summed E-state index contributed by atoms with van der Waals surface area (Å²) in [6, 6.07) is 5.00. The van der Waals surface area contributed by atoms with Gasteiger partial charge in [-0.15, -0.1) is 11.6 Å². The van der Waals surface area contributed by atoms with Gasteiger partial charge in [-0.3, -0.25) is 0 Å². The van der Waals surface area contributed by atoms with Gasteiger partial charge in [0.1, 0.15) is 0 Å². The minimum atomic E-state index is -3.60. The fourth-order valence-corrected chi connectivity index (χ4v) is 5.05. The predicted molar refractivity (Wildman–Crippen MR) is 84.1 cm³/mol. The van der Waals surface area contributed by atoms with E-state index in [1.807, 2.05) is 0 Å². The first-order valence-corrected chi connectivity index (χ1v) is 9.11. The van der Waals surface area contributed by atoms with Crippen LogP contribution in [-0.4, -0.2) is 52.2 Å². The van der Waals surface area contributed by atoms with Crippen LogP contribution in [0.15, 0.2) is 27.6 Å². The van der Waals surface area contributed by atoms with Crippen LogP contribution >= 0.6 is 27.5 Å². The minimum Gasteiger partial charge on any atom is -0.377 e. The highest BCUT2D eigenvalue weighted by Crippen LogP contribution is 2.29. The number of hydrogen-bond donors (Lipinski definition) is 0. The molecule has 5 nitrogen and oxygen atoms in total. The van der Waals surface area contributed by atoms with Crippen LogP contribution in [0.3, 0.4) is 0 Å². The van der Waals surface area contributed by atoms with Crippen LogP contribution in [0.2, 0.25) is 0 Å². The highest BCUT2D eigenvalue weighted by atomic mass is 79.9. The standard InChI is InChI=1S/C13H17BrClNO4S/c1-19-11-7-16(8-12(11)20-2)21(17,18)13-4-3-9(6-15)5-10(13)14/h3-5,11-12H,6-8H2,1-2H3. The van der Waals surface area contributed by atoms with E-state index in [0.29, 0.717) is 10.4 Å². The maximum Gasteiger partial charge on any atom is 0.244 e. The zero-order valence-corrected chi connectivity index (χ0v) is 14.9. The van der Waals surface area contributed by atoms with Gasteiger partial charge in [-0.05, 0) is 33.6 Å². The van der Waals surface area contributed by atoms with E-state index < -0.39 is 10.0 Å². The van der Waals surface area contributed by atoms with Crippen LogP contribution in [0.4, 0.5) is 0 Å². The average Bonchev–Trinajstić information content (AvgIpc) is 2.90. The van der Waals surface area contributed by atoms with Crippen LogP contribution < -0.4 is 0 Å². The largest absolute Gasteiger partial charge is 0.377 e. The van der Waals surface area contributed by atoms with E-state index in [9.17, 15) is 8.42 Å². The van der Waals surface area contributed by atoms with E-state index in [1.165, 1.54) is 4.31 Å². The molecule has 1 heterocycles. The van der Waals surface area contributed by atoms with E-state index in [2.05, 4.69) is 15.9 Å². The number of rotatable bonds is 5. The Morgan fingerprint density at radius 2 is 1.86 bits per heavy atom. The Morgan fingerprint density at radius 3 is 2.29 bits per heavy atom. The van der Waals surface area contributed by atoms with Crippen molar-refractivity contribution in [2.24, 2.45) is 0 Å². The first kappa shape index (κ1) is 17.2. The molecule has 1 saturated heterocycles. The van der Waals surface area contributed by atoms with Gasteiger partial charge >= 0.3 is 0 Å². The Kier molecular flexibility index (Phi) is 5.67. The number of hydrogen-bond acceptors (Lipinski definition) is 4. The van der Waals surface area contributed by atoms with E-state index in [1.54, 1.807) is 32.4 Å². The molecule has 2 rings (SSSR count). The van der Waals surface area contributed by atoms with Crippen molar-refractivity contribution in [3.05, 3.63) is 28.2 Å². The summed E-state index contributed by atoms with van der Waals surface area (Å²) in [5.41, 5.74) is 0.855. The topological polar surface area (TPSA) is 55.8 Å². The SMILES string of the molecule is COC1CN(S(=O)(=O)c2ccc(CCl)cc2Br)CC1OC. The second-order valence-electron chi connectivity index (χ2n) is 4.77. The molecular weight excluding hydrogens is 382 g/mol. The van der Waals surface area contributed by atoms with E-state index in [0.717, 1.165) is 5.56 Å². The lowest BCUT2D eigenvalue weighted by Gasteiger charge is -2.17. The Morgan fingerprint density at radius 1 is 1.29 bits per heavy atom. The van der Waals surface area contributed by atoms with E-state index in [4.69, 9.17) is 21.1 Å². The second-order valence-corrected chi connectivity index (χ2v) is 7.80. The van der Waals surface area contributed by atoms with Gasteiger partial charge in [0.2, 0.25) is 10.0 Å². The van der Waals surface area contributed by atoms with Crippen molar-refractivity contribution in [2.75, 3.05) is 27.3 Å². The summed E-state index contributed by atoms with van der Waals surface area (Å²) in [6.45, 7) is 0.558. The van der Waals surface area contributed by atoms with E-state index in [-0.39, 0.29) is 30.2 Å².